The zero-order valence-electron chi connectivity index (χ0n) is 18.8. The number of hydrogen-bond acceptors (Lipinski definition) is 7. The highest BCUT2D eigenvalue weighted by Gasteiger charge is 2.34. The predicted molar refractivity (Wildman–Crippen MR) is 128 cm³/mol. The van der Waals surface area contributed by atoms with E-state index in [1.54, 1.807) is 13.4 Å². The van der Waals surface area contributed by atoms with E-state index >= 15 is 0 Å². The normalized spacial score (nSPS) is 16.6. The van der Waals surface area contributed by atoms with Gasteiger partial charge in [0.05, 0.1) is 16.9 Å². The minimum atomic E-state index is -0.105. The molecule has 7 nitrogen and oxygen atoms in total. The summed E-state index contributed by atoms with van der Waals surface area (Å²) in [5, 5.41) is 7.51. The number of ether oxygens (including phenoxy) is 2. The van der Waals surface area contributed by atoms with Gasteiger partial charge in [0.15, 0.2) is 0 Å². The Balaban J connectivity index is 1.60. The Hall–Kier alpha value is -2.55. The van der Waals surface area contributed by atoms with Gasteiger partial charge in [-0.3, -0.25) is 4.79 Å². The topological polar surface area (TPSA) is 85.4 Å². The molecule has 0 spiro atoms. The van der Waals surface area contributed by atoms with E-state index in [0.717, 1.165) is 54.2 Å². The first-order valence-electron chi connectivity index (χ1n) is 10.9. The fourth-order valence-corrected chi connectivity index (χ4v) is 5.43. The number of carbonyl (C=O) groups is 1. The molecule has 1 aromatic carbocycles. The van der Waals surface area contributed by atoms with E-state index in [-0.39, 0.29) is 17.4 Å². The first-order valence-corrected chi connectivity index (χ1v) is 11.8. The lowest BCUT2D eigenvalue weighted by Gasteiger charge is -2.38. The van der Waals surface area contributed by atoms with Crippen LogP contribution in [0.15, 0.2) is 36.7 Å². The van der Waals surface area contributed by atoms with E-state index in [4.69, 9.17) is 9.47 Å². The summed E-state index contributed by atoms with van der Waals surface area (Å²) in [7, 11) is 1.63. The maximum atomic E-state index is 12.8. The van der Waals surface area contributed by atoms with Crippen molar-refractivity contribution < 1.29 is 14.3 Å². The van der Waals surface area contributed by atoms with Crippen LogP contribution in [-0.2, 0) is 14.9 Å². The Morgan fingerprint density at radius 1 is 1.25 bits per heavy atom. The molecule has 2 N–H and O–H groups in total. The molecule has 3 aromatic rings. The van der Waals surface area contributed by atoms with Gasteiger partial charge >= 0.3 is 0 Å². The molecule has 170 valence electrons. The molecule has 3 heterocycles. The Morgan fingerprint density at radius 2 is 2.00 bits per heavy atom. The van der Waals surface area contributed by atoms with E-state index in [1.807, 2.05) is 19.9 Å². The summed E-state index contributed by atoms with van der Waals surface area (Å²) in [5.74, 6) is 0.667. The molecule has 0 saturated carbocycles. The number of amides is 1. The third-order valence-electron chi connectivity index (χ3n) is 6.16. The van der Waals surface area contributed by atoms with Crippen LogP contribution in [0.3, 0.4) is 0 Å². The van der Waals surface area contributed by atoms with Gasteiger partial charge in [0.1, 0.15) is 17.0 Å². The number of hydrogen-bond donors (Lipinski definition) is 2. The van der Waals surface area contributed by atoms with E-state index in [2.05, 4.69) is 44.9 Å². The van der Waals surface area contributed by atoms with Gasteiger partial charge in [-0.15, -0.1) is 11.3 Å². The molecule has 1 saturated heterocycles. The quantitative estimate of drug-likeness (QED) is 0.537. The van der Waals surface area contributed by atoms with Crippen molar-refractivity contribution in [2.45, 2.75) is 38.1 Å². The largest absolute Gasteiger partial charge is 0.383 e. The smallest absolute Gasteiger partial charge is 0.262 e. The van der Waals surface area contributed by atoms with Crippen molar-refractivity contribution in [3.05, 3.63) is 52.7 Å². The van der Waals surface area contributed by atoms with Crippen molar-refractivity contribution in [3.63, 3.8) is 0 Å². The van der Waals surface area contributed by atoms with Gasteiger partial charge in [-0.2, -0.15) is 0 Å². The van der Waals surface area contributed by atoms with Crippen molar-refractivity contribution >= 4 is 33.3 Å². The molecule has 0 radical (unpaired) electrons. The number of nitrogens with one attached hydrogen (secondary N) is 2. The summed E-state index contributed by atoms with van der Waals surface area (Å²) in [6.45, 7) is 6.59. The summed E-state index contributed by atoms with van der Waals surface area (Å²) >= 11 is 1.40. The van der Waals surface area contributed by atoms with Crippen molar-refractivity contribution in [3.8, 4) is 0 Å². The number of thiophene rings is 1. The lowest BCUT2D eigenvalue weighted by molar-refractivity contribution is 0.0544. The molecule has 0 unspecified atom stereocenters. The molecular formula is C24H30N4O3S. The third-order valence-corrected chi connectivity index (χ3v) is 7.36. The molecule has 1 fully saturated rings. The van der Waals surface area contributed by atoms with E-state index < -0.39 is 0 Å². The number of fused-ring (bicyclic) bond motifs is 1. The Morgan fingerprint density at radius 3 is 2.72 bits per heavy atom. The van der Waals surface area contributed by atoms with Crippen molar-refractivity contribution in [1.82, 2.24) is 15.3 Å². The van der Waals surface area contributed by atoms with Crippen LogP contribution in [-0.4, -0.2) is 55.4 Å². The summed E-state index contributed by atoms with van der Waals surface area (Å²) in [4.78, 5) is 23.3. The fraction of sp³-hybridized carbons (Fsp3) is 0.458. The third kappa shape index (κ3) is 4.62. The minimum Gasteiger partial charge on any atom is -0.383 e. The Kier molecular flexibility index (Phi) is 7.03. The summed E-state index contributed by atoms with van der Waals surface area (Å²) in [6, 6.07) is 10.6. The molecule has 32 heavy (non-hydrogen) atoms. The first kappa shape index (κ1) is 22.6. The van der Waals surface area contributed by atoms with Crippen LogP contribution in [0.25, 0.3) is 10.2 Å². The van der Waals surface area contributed by atoms with Gasteiger partial charge < -0.3 is 20.1 Å². The highest BCUT2D eigenvalue weighted by atomic mass is 32.1. The number of aryl methyl sites for hydroxylation is 1. The molecule has 1 aliphatic rings. The SMILES string of the molecule is COC[C@@H](C)NC(=O)c1sc2ncnc(NCC3(c4ccccc4)CCOCC3)c2c1C. The van der Waals surface area contributed by atoms with Crippen LogP contribution in [0.4, 0.5) is 5.82 Å². The van der Waals surface area contributed by atoms with Crippen molar-refractivity contribution in [2.24, 2.45) is 0 Å². The monoisotopic (exact) mass is 454 g/mol. The minimum absolute atomic E-state index is 0.0174. The number of benzene rings is 1. The van der Waals surface area contributed by atoms with Crippen LogP contribution in [0.2, 0.25) is 0 Å². The molecule has 0 aliphatic carbocycles. The molecule has 1 atom stereocenters. The van der Waals surface area contributed by atoms with E-state index in [0.29, 0.717) is 11.5 Å². The van der Waals surface area contributed by atoms with Crippen molar-refractivity contribution in [1.29, 1.82) is 0 Å². The second-order valence-electron chi connectivity index (χ2n) is 8.40. The number of anilines is 1. The number of carbonyl (C=O) groups excluding carboxylic acids is 1. The highest BCUT2D eigenvalue weighted by Crippen LogP contribution is 2.37. The second kappa shape index (κ2) is 9.94. The van der Waals surface area contributed by atoms with Crippen LogP contribution < -0.4 is 10.6 Å². The van der Waals surface area contributed by atoms with Crippen LogP contribution in [0.1, 0.15) is 40.6 Å². The van der Waals surface area contributed by atoms with Gasteiger partial charge in [0, 0.05) is 38.3 Å². The standard InChI is InChI=1S/C24H30N4O3S/c1-16(13-30-3)28-22(29)20-17(2)19-21(26-15-27-23(19)32-20)25-14-24(9-11-31-12-10-24)18-7-5-4-6-8-18/h4-8,15-16H,9-14H2,1-3H3,(H,28,29)(H,25,26,27)/t16-/m1/s1. The average molecular weight is 455 g/mol. The maximum absolute atomic E-state index is 12.8. The summed E-state index contributed by atoms with van der Waals surface area (Å²) in [5.41, 5.74) is 2.20. The van der Waals surface area contributed by atoms with E-state index in [9.17, 15) is 4.79 Å². The second-order valence-corrected chi connectivity index (χ2v) is 9.40. The molecule has 1 amide bonds. The molecule has 2 aromatic heterocycles. The maximum Gasteiger partial charge on any atom is 0.262 e. The number of methoxy groups -OCH3 is 1. The van der Waals surface area contributed by atoms with Gasteiger partial charge in [0.2, 0.25) is 0 Å². The molecule has 0 bridgehead atoms. The van der Waals surface area contributed by atoms with Crippen LogP contribution >= 0.6 is 11.3 Å². The van der Waals surface area contributed by atoms with E-state index in [1.165, 1.54) is 16.9 Å². The number of rotatable bonds is 8. The van der Waals surface area contributed by atoms with Gasteiger partial charge in [-0.1, -0.05) is 30.3 Å². The summed E-state index contributed by atoms with van der Waals surface area (Å²) in [6.07, 6.45) is 3.47. The predicted octanol–water partition coefficient (Wildman–Crippen LogP) is 3.92. The summed E-state index contributed by atoms with van der Waals surface area (Å²) < 4.78 is 10.8. The molecule has 8 heteroatoms. The highest BCUT2D eigenvalue weighted by molar-refractivity contribution is 7.20. The van der Waals surface area contributed by atoms with Crippen LogP contribution in [0, 0.1) is 6.92 Å². The average Bonchev–Trinajstić information content (AvgIpc) is 3.16. The number of nitrogens with zero attached hydrogens (tertiary/aromatic N) is 2. The molecule has 1 aliphatic heterocycles. The fourth-order valence-electron chi connectivity index (χ4n) is 4.38. The van der Waals surface area contributed by atoms with Crippen molar-refractivity contribution in [2.75, 3.05) is 38.8 Å². The lowest BCUT2D eigenvalue weighted by atomic mass is 9.74. The zero-order chi connectivity index (χ0) is 22.6. The first-order chi connectivity index (χ1) is 15.5. The zero-order valence-corrected chi connectivity index (χ0v) is 19.6. The van der Waals surface area contributed by atoms with Crippen LogP contribution in [0.5, 0.6) is 0 Å². The number of aromatic nitrogens is 2. The Bertz CT molecular complexity index is 1060. The van der Waals surface area contributed by atoms with Gasteiger partial charge in [0.25, 0.3) is 5.91 Å². The molecule has 4 rings (SSSR count). The Labute approximate surface area is 192 Å². The molecular weight excluding hydrogens is 424 g/mol. The van der Waals surface area contributed by atoms with Gasteiger partial charge in [-0.25, -0.2) is 9.97 Å². The lowest BCUT2D eigenvalue weighted by Crippen LogP contribution is -2.40. The van der Waals surface area contributed by atoms with Gasteiger partial charge in [-0.05, 0) is 37.8 Å².